The van der Waals surface area contributed by atoms with Crippen LogP contribution in [-0.4, -0.2) is 14.7 Å². The van der Waals surface area contributed by atoms with Crippen molar-refractivity contribution >= 4 is 23.0 Å². The second-order valence-corrected chi connectivity index (χ2v) is 10.5. The monoisotopic (exact) mass is 544 g/mol. The first kappa shape index (κ1) is 25.8. The van der Waals surface area contributed by atoms with Crippen LogP contribution in [0.3, 0.4) is 0 Å². The Kier molecular flexibility index (Phi) is 7.10. The number of anilines is 1. The number of rotatable bonds is 7. The topological polar surface area (TPSA) is 42.3 Å². The van der Waals surface area contributed by atoms with Gasteiger partial charge >= 0.3 is 0 Å². The zero-order valence-corrected chi connectivity index (χ0v) is 23.7. The predicted octanol–water partition coefficient (Wildman–Crippen LogP) is 8.02. The number of pyridine rings is 1. The molecule has 0 spiro atoms. The van der Waals surface area contributed by atoms with Crippen molar-refractivity contribution in [1.82, 2.24) is 14.9 Å². The van der Waals surface area contributed by atoms with Crippen LogP contribution < -0.4 is 15.0 Å². The molecule has 1 fully saturated rings. The number of hydrogen-bond donors (Lipinski definition) is 1. The molecule has 6 rings (SSSR count). The Bertz CT molecular complexity index is 1610. The number of thiocarbonyl (C=S) groups is 1. The van der Waals surface area contributed by atoms with E-state index in [2.05, 4.69) is 84.1 Å². The Morgan fingerprint density at radius 3 is 2.17 bits per heavy atom. The van der Waals surface area contributed by atoms with Crippen molar-refractivity contribution in [2.45, 2.75) is 39.3 Å². The lowest BCUT2D eigenvalue weighted by Gasteiger charge is -2.28. The summed E-state index contributed by atoms with van der Waals surface area (Å²) < 4.78 is 8.38. The van der Waals surface area contributed by atoms with Crippen molar-refractivity contribution in [2.24, 2.45) is 0 Å². The molecule has 0 amide bonds. The van der Waals surface area contributed by atoms with Gasteiger partial charge in [0.05, 0.1) is 17.8 Å². The summed E-state index contributed by atoms with van der Waals surface area (Å²) in [6.45, 7) is 6.55. The minimum absolute atomic E-state index is 0.0850. The molecule has 3 aromatic carbocycles. The number of aromatic nitrogens is 2. The van der Waals surface area contributed by atoms with E-state index in [1.165, 1.54) is 22.5 Å². The molecule has 5 aromatic rings. The van der Waals surface area contributed by atoms with E-state index in [-0.39, 0.29) is 12.1 Å². The number of aryl methyl sites for hydroxylation is 2. The van der Waals surface area contributed by atoms with Gasteiger partial charge < -0.3 is 19.5 Å². The van der Waals surface area contributed by atoms with Gasteiger partial charge in [-0.2, -0.15) is 0 Å². The maximum atomic E-state index is 6.05. The van der Waals surface area contributed by atoms with Crippen LogP contribution in [-0.2, 0) is 6.42 Å². The molecule has 0 saturated carbocycles. The summed E-state index contributed by atoms with van der Waals surface area (Å²) in [6.07, 6.45) is 2.87. The number of nitrogens with one attached hydrogen (secondary N) is 1. The van der Waals surface area contributed by atoms with Gasteiger partial charge in [-0.25, -0.2) is 0 Å². The van der Waals surface area contributed by atoms with Gasteiger partial charge in [-0.3, -0.25) is 4.98 Å². The van der Waals surface area contributed by atoms with E-state index in [0.29, 0.717) is 5.11 Å². The molecule has 1 aliphatic rings. The van der Waals surface area contributed by atoms with Crippen LogP contribution in [0.1, 0.15) is 47.2 Å². The van der Waals surface area contributed by atoms with Crippen molar-refractivity contribution in [3.05, 3.63) is 138 Å². The molecule has 0 aliphatic carbocycles. The number of hydrogen-bond acceptors (Lipinski definition) is 3. The lowest BCUT2D eigenvalue weighted by Crippen LogP contribution is -2.29. The van der Waals surface area contributed by atoms with Gasteiger partial charge in [0.25, 0.3) is 0 Å². The molecule has 0 radical (unpaired) electrons. The molecule has 3 heterocycles. The summed E-state index contributed by atoms with van der Waals surface area (Å²) in [5.41, 5.74) is 8.03. The molecule has 5 nitrogen and oxygen atoms in total. The molecule has 2 unspecified atom stereocenters. The molecule has 1 N–H and O–H groups in total. The zero-order valence-electron chi connectivity index (χ0n) is 22.9. The molecule has 0 bridgehead atoms. The van der Waals surface area contributed by atoms with Crippen molar-refractivity contribution in [1.29, 1.82) is 0 Å². The summed E-state index contributed by atoms with van der Waals surface area (Å²) in [5.74, 6) is 1.58. The lowest BCUT2D eigenvalue weighted by molar-refractivity contribution is 0.482. The first-order valence-electron chi connectivity index (χ1n) is 13.6. The summed E-state index contributed by atoms with van der Waals surface area (Å²) in [5, 5.41) is 4.26. The molecule has 6 heteroatoms. The normalized spacial score (nSPS) is 16.7. The van der Waals surface area contributed by atoms with Crippen molar-refractivity contribution in [2.75, 3.05) is 4.90 Å². The predicted molar refractivity (Wildman–Crippen MR) is 166 cm³/mol. The van der Waals surface area contributed by atoms with Crippen LogP contribution in [0.2, 0.25) is 0 Å². The van der Waals surface area contributed by atoms with Gasteiger partial charge in [0, 0.05) is 29.0 Å². The van der Waals surface area contributed by atoms with Crippen molar-refractivity contribution in [3.63, 3.8) is 0 Å². The Balaban J connectivity index is 1.41. The Morgan fingerprint density at radius 1 is 0.825 bits per heavy atom. The summed E-state index contributed by atoms with van der Waals surface area (Å²) in [6, 6.07) is 34.9. The fourth-order valence-corrected chi connectivity index (χ4v) is 5.96. The minimum Gasteiger partial charge on any atom is -0.457 e. The van der Waals surface area contributed by atoms with Gasteiger partial charge in [0.1, 0.15) is 11.5 Å². The van der Waals surface area contributed by atoms with Crippen LogP contribution in [0.5, 0.6) is 11.5 Å². The average Bonchev–Trinajstić information content (AvgIpc) is 3.49. The zero-order chi connectivity index (χ0) is 27.6. The van der Waals surface area contributed by atoms with E-state index in [1.807, 2.05) is 60.8 Å². The number of nitrogens with zero attached hydrogens (tertiary/aromatic N) is 3. The van der Waals surface area contributed by atoms with E-state index in [4.69, 9.17) is 21.9 Å². The molecular formula is C34H32N4OS. The van der Waals surface area contributed by atoms with Crippen LogP contribution in [0, 0.1) is 13.8 Å². The maximum Gasteiger partial charge on any atom is 0.174 e. The summed E-state index contributed by atoms with van der Waals surface area (Å²) in [7, 11) is 0. The molecule has 40 heavy (non-hydrogen) atoms. The second-order valence-electron chi connectivity index (χ2n) is 10.1. The van der Waals surface area contributed by atoms with Crippen LogP contribution in [0.15, 0.2) is 109 Å². The summed E-state index contributed by atoms with van der Waals surface area (Å²) in [4.78, 5) is 6.94. The Labute approximate surface area is 241 Å². The van der Waals surface area contributed by atoms with E-state index in [1.54, 1.807) is 0 Å². The fourth-order valence-electron chi connectivity index (χ4n) is 5.61. The third-order valence-corrected chi connectivity index (χ3v) is 7.90. The molecule has 1 saturated heterocycles. The van der Waals surface area contributed by atoms with E-state index in [0.717, 1.165) is 35.0 Å². The molecule has 1 aliphatic heterocycles. The van der Waals surface area contributed by atoms with Gasteiger partial charge in [-0.15, -0.1) is 0 Å². The highest BCUT2D eigenvalue weighted by atomic mass is 32.1. The smallest absolute Gasteiger partial charge is 0.174 e. The second kappa shape index (κ2) is 11.0. The number of ether oxygens (including phenoxy) is 1. The third-order valence-electron chi connectivity index (χ3n) is 7.58. The first-order valence-corrected chi connectivity index (χ1v) is 14.1. The van der Waals surface area contributed by atoms with Crippen LogP contribution in [0.25, 0.3) is 5.69 Å². The highest BCUT2D eigenvalue weighted by molar-refractivity contribution is 7.80. The SMILES string of the molecule is CCc1ccc(-n2c(C)cc(C3C(c4ccccn4)NC(=S)N3c3ccc(Oc4ccccc4)cc3)c2C)cc1. The molecule has 2 aromatic heterocycles. The van der Waals surface area contributed by atoms with Crippen molar-refractivity contribution in [3.8, 4) is 17.2 Å². The van der Waals surface area contributed by atoms with Gasteiger partial charge in [0.2, 0.25) is 0 Å². The standard InChI is InChI=1S/C34H32N4OS/c1-4-25-13-15-26(16-14-25)37-23(2)22-30(24(37)3)33-32(31-12-8-9-21-35-31)36-34(40)38(33)27-17-19-29(20-18-27)39-28-10-6-5-7-11-28/h5-22,32-33H,4H2,1-3H3,(H,36,40). The number of para-hydroxylation sites is 1. The quantitative estimate of drug-likeness (QED) is 0.210. The Hall–Kier alpha value is -4.42. The van der Waals surface area contributed by atoms with E-state index < -0.39 is 0 Å². The Morgan fingerprint density at radius 2 is 1.50 bits per heavy atom. The summed E-state index contributed by atoms with van der Waals surface area (Å²) >= 11 is 5.97. The van der Waals surface area contributed by atoms with Crippen LogP contribution in [0.4, 0.5) is 5.69 Å². The van der Waals surface area contributed by atoms with E-state index in [9.17, 15) is 0 Å². The highest BCUT2D eigenvalue weighted by Gasteiger charge is 2.42. The molecular weight excluding hydrogens is 512 g/mol. The third kappa shape index (κ3) is 4.87. The molecule has 2 atom stereocenters. The van der Waals surface area contributed by atoms with Crippen LogP contribution >= 0.6 is 12.2 Å². The molecule has 200 valence electrons. The first-order chi connectivity index (χ1) is 19.5. The fraction of sp³-hybridized carbons (Fsp3) is 0.176. The van der Waals surface area contributed by atoms with Gasteiger partial charge in [-0.05, 0) is 110 Å². The maximum absolute atomic E-state index is 6.05. The van der Waals surface area contributed by atoms with Crippen molar-refractivity contribution < 1.29 is 4.74 Å². The average molecular weight is 545 g/mol. The number of benzene rings is 3. The lowest BCUT2D eigenvalue weighted by atomic mass is 9.96. The largest absolute Gasteiger partial charge is 0.457 e. The highest BCUT2D eigenvalue weighted by Crippen LogP contribution is 2.44. The van der Waals surface area contributed by atoms with Gasteiger partial charge in [0.15, 0.2) is 5.11 Å². The van der Waals surface area contributed by atoms with E-state index >= 15 is 0 Å². The van der Waals surface area contributed by atoms with Gasteiger partial charge in [-0.1, -0.05) is 43.3 Å². The minimum atomic E-state index is -0.106.